The lowest BCUT2D eigenvalue weighted by Crippen LogP contribution is -2.15. The van der Waals surface area contributed by atoms with Gasteiger partial charge in [-0.15, -0.1) is 0 Å². The van der Waals surface area contributed by atoms with Crippen LogP contribution >= 0.6 is 0 Å². The Bertz CT molecular complexity index is 35.0. The van der Waals surface area contributed by atoms with Gasteiger partial charge in [0.15, 0.2) is 0 Å². The summed E-state index contributed by atoms with van der Waals surface area (Å²) in [7, 11) is 4.86. The van der Waals surface area contributed by atoms with Crippen LogP contribution in [0.5, 0.6) is 0 Å². The summed E-state index contributed by atoms with van der Waals surface area (Å²) < 4.78 is 4.32. The molecule has 118 valence electrons. The Hall–Kier alpha value is -0.240. The van der Waals surface area contributed by atoms with E-state index in [0.29, 0.717) is 13.4 Å². The van der Waals surface area contributed by atoms with Gasteiger partial charge in [0, 0.05) is 13.8 Å². The Morgan fingerprint density at radius 1 is 0.941 bits per heavy atom. The summed E-state index contributed by atoms with van der Waals surface area (Å²) >= 11 is 0. The predicted molar refractivity (Wildman–Crippen MR) is 85.9 cm³/mol. The fraction of sp³-hybridized carbons (Fsp3) is 1.00. The minimum absolute atomic E-state index is 0. The van der Waals surface area contributed by atoms with Crippen LogP contribution in [-0.4, -0.2) is 41.1 Å². The van der Waals surface area contributed by atoms with Crippen LogP contribution in [0.25, 0.3) is 0 Å². The molecule has 0 amide bonds. The number of nitrogens with two attached hydrogens (primary N) is 4. The van der Waals surface area contributed by atoms with Gasteiger partial charge in [-0.05, 0) is 20.6 Å². The second-order valence-corrected chi connectivity index (χ2v) is 1.42. The lowest BCUT2D eigenvalue weighted by Gasteiger charge is -1.77. The van der Waals surface area contributed by atoms with Gasteiger partial charge in [0.1, 0.15) is 0 Å². The zero-order chi connectivity index (χ0) is 11.5. The molecular formula is C11H43N5O. The van der Waals surface area contributed by atoms with Crippen LogP contribution in [0.3, 0.4) is 0 Å². The van der Waals surface area contributed by atoms with Gasteiger partial charge >= 0.3 is 0 Å². The quantitative estimate of drug-likeness (QED) is 0.467. The molecule has 0 heterocycles. The zero-order valence-corrected chi connectivity index (χ0v) is 9.34. The first-order valence-electron chi connectivity index (χ1n) is 4.06. The van der Waals surface area contributed by atoms with E-state index in [-0.39, 0.29) is 29.7 Å². The van der Waals surface area contributed by atoms with E-state index in [4.69, 9.17) is 17.2 Å². The molecule has 0 unspecified atom stereocenters. The number of ether oxygens (including phenoxy) is 1. The molecule has 0 saturated carbocycles. The second-order valence-electron chi connectivity index (χ2n) is 1.42. The third-order valence-corrected chi connectivity index (χ3v) is 0.371. The smallest absolute Gasteiger partial charge is 0.0936 e. The van der Waals surface area contributed by atoms with E-state index in [1.807, 2.05) is 6.92 Å². The minimum atomic E-state index is 0. The summed E-state index contributed by atoms with van der Waals surface area (Å²) in [5, 5.41) is 2.71. The molecule has 0 aliphatic rings. The molecule has 0 fully saturated rings. The highest BCUT2D eigenvalue weighted by Crippen LogP contribution is 1.40. The Morgan fingerprint density at radius 2 is 1.06 bits per heavy atom. The first-order valence-corrected chi connectivity index (χ1v) is 4.06. The van der Waals surface area contributed by atoms with Crippen molar-refractivity contribution in [2.75, 3.05) is 41.1 Å². The number of rotatable bonds is 2. The first kappa shape index (κ1) is 54.2. The number of hydrogen-bond donors (Lipinski definition) is 5. The lowest BCUT2D eigenvalue weighted by molar-refractivity contribution is 0.207. The molecular weight excluding hydrogens is 218 g/mol. The summed E-state index contributed by atoms with van der Waals surface area (Å²) in [5.41, 5.74) is 19.1. The third kappa shape index (κ3) is 963. The van der Waals surface area contributed by atoms with Gasteiger partial charge in [0.25, 0.3) is 0 Å². The Kier molecular flexibility index (Phi) is 484. The highest BCUT2D eigenvalue weighted by molar-refractivity contribution is 4.12. The van der Waals surface area contributed by atoms with Crippen molar-refractivity contribution in [1.29, 1.82) is 0 Å². The van der Waals surface area contributed by atoms with Crippen LogP contribution in [0.1, 0.15) is 36.6 Å². The maximum Gasteiger partial charge on any atom is 0.0936 e. The maximum atomic E-state index is 4.92. The molecule has 0 aliphatic carbocycles. The standard InChI is InChI=1S/C2H8N2.C2H7NO.C2H7N.CH5N.4CH4/c2*1-4-2-3;1-2-3;1-2;;;;/h4H,2-3H2,1H3;2-3H2,1H3;2-3H2,1H3;2H2,1H3;4*1H4. The molecule has 0 bridgehead atoms. The fourth-order valence-electron chi connectivity index (χ4n) is 0. The van der Waals surface area contributed by atoms with Gasteiger partial charge in [-0.2, -0.15) is 0 Å². The van der Waals surface area contributed by atoms with E-state index in [1.165, 1.54) is 7.05 Å². The van der Waals surface area contributed by atoms with Crippen molar-refractivity contribution in [3.05, 3.63) is 0 Å². The van der Waals surface area contributed by atoms with Gasteiger partial charge in [0.2, 0.25) is 0 Å². The van der Waals surface area contributed by atoms with Crippen LogP contribution < -0.4 is 28.3 Å². The van der Waals surface area contributed by atoms with Crippen molar-refractivity contribution in [3.63, 3.8) is 0 Å². The predicted octanol–water partition coefficient (Wildman–Crippen LogP) is 0.755. The molecule has 6 nitrogen and oxygen atoms in total. The van der Waals surface area contributed by atoms with Crippen LogP contribution in [0.15, 0.2) is 0 Å². The molecule has 0 aliphatic heterocycles. The summed E-state index contributed by atoms with van der Waals surface area (Å²) in [6, 6.07) is 0. The number of methoxy groups -OCH3 is 1. The van der Waals surface area contributed by atoms with E-state index in [0.717, 1.165) is 6.54 Å². The molecule has 0 aromatic carbocycles. The number of hydrogen-bond acceptors (Lipinski definition) is 6. The second kappa shape index (κ2) is 152. The van der Waals surface area contributed by atoms with Crippen LogP contribution in [-0.2, 0) is 4.74 Å². The molecule has 0 spiro atoms. The van der Waals surface area contributed by atoms with Crippen molar-refractivity contribution in [2.45, 2.75) is 36.6 Å². The van der Waals surface area contributed by atoms with Gasteiger partial charge < -0.3 is 33.0 Å². The molecule has 0 radical (unpaired) electrons. The maximum absolute atomic E-state index is 4.92. The van der Waals surface area contributed by atoms with Crippen molar-refractivity contribution >= 4 is 0 Å². The molecule has 6 heteroatoms. The number of nitrogens with one attached hydrogen (secondary N) is 1. The lowest BCUT2D eigenvalue weighted by atomic mass is 10.8. The van der Waals surface area contributed by atoms with Crippen molar-refractivity contribution < 1.29 is 4.74 Å². The van der Waals surface area contributed by atoms with Crippen LogP contribution in [0.4, 0.5) is 0 Å². The monoisotopic (exact) mass is 261 g/mol. The topological polar surface area (TPSA) is 125 Å². The van der Waals surface area contributed by atoms with E-state index >= 15 is 0 Å². The molecule has 0 aromatic heterocycles. The van der Waals surface area contributed by atoms with Gasteiger partial charge in [0.05, 0.1) is 6.73 Å². The molecule has 0 saturated heterocycles. The van der Waals surface area contributed by atoms with Crippen molar-refractivity contribution in [1.82, 2.24) is 5.32 Å². The zero-order valence-electron chi connectivity index (χ0n) is 9.34. The summed E-state index contributed by atoms with van der Waals surface area (Å²) in [6.45, 7) is 3.54. The SMILES string of the molecule is C.C.C.C.CCN.CN.CNCN.COCN. The van der Waals surface area contributed by atoms with Gasteiger partial charge in [-0.3, -0.25) is 0 Å². The van der Waals surface area contributed by atoms with E-state index < -0.39 is 0 Å². The van der Waals surface area contributed by atoms with E-state index in [2.05, 4.69) is 15.8 Å². The van der Waals surface area contributed by atoms with Crippen LogP contribution in [0, 0.1) is 0 Å². The Labute approximate surface area is 111 Å². The largest absolute Gasteiger partial charge is 0.370 e. The first-order chi connectivity index (χ1) is 6.24. The van der Waals surface area contributed by atoms with Gasteiger partial charge in [-0.1, -0.05) is 36.6 Å². The van der Waals surface area contributed by atoms with Gasteiger partial charge in [-0.25, -0.2) is 0 Å². The normalized spacial score (nSPS) is 4.94. The van der Waals surface area contributed by atoms with Crippen molar-refractivity contribution in [3.8, 4) is 0 Å². The summed E-state index contributed by atoms with van der Waals surface area (Å²) in [4.78, 5) is 0. The minimum Gasteiger partial charge on any atom is -0.370 e. The van der Waals surface area contributed by atoms with Crippen LogP contribution in [0.2, 0.25) is 0 Å². The average Bonchev–Trinajstić information content (AvgIpc) is 2.22. The molecule has 0 atom stereocenters. The Balaban J connectivity index is -0.0000000101. The third-order valence-electron chi connectivity index (χ3n) is 0.371. The van der Waals surface area contributed by atoms with Crippen molar-refractivity contribution in [2.24, 2.45) is 22.9 Å². The molecule has 0 aromatic rings. The molecule has 0 rings (SSSR count). The molecule has 9 N–H and O–H groups in total. The van der Waals surface area contributed by atoms with E-state index in [1.54, 1.807) is 14.2 Å². The highest BCUT2D eigenvalue weighted by atomic mass is 16.5. The fourth-order valence-corrected chi connectivity index (χ4v) is 0. The molecule has 17 heavy (non-hydrogen) atoms. The summed E-state index contributed by atoms with van der Waals surface area (Å²) in [6.07, 6.45) is 0. The summed E-state index contributed by atoms with van der Waals surface area (Å²) in [5.74, 6) is 0. The Morgan fingerprint density at radius 3 is 1.06 bits per heavy atom. The highest BCUT2D eigenvalue weighted by Gasteiger charge is 1.50. The van der Waals surface area contributed by atoms with E-state index in [9.17, 15) is 0 Å². The average molecular weight is 261 g/mol.